The third-order valence-corrected chi connectivity index (χ3v) is 2.76. The molecular formula is C13H15FN4O. The van der Waals surface area contributed by atoms with Gasteiger partial charge in [-0.1, -0.05) is 6.07 Å². The van der Waals surface area contributed by atoms with E-state index in [9.17, 15) is 9.18 Å². The standard InChI is InChI=1S/C13H15FN4O/c1-3-18-12(10(15)7-16-18)13(19)17-11-5-4-8(2)6-9(11)14/h4-7H,3,15H2,1-2H3,(H,17,19). The van der Waals surface area contributed by atoms with E-state index < -0.39 is 11.7 Å². The maximum absolute atomic E-state index is 13.7. The fraction of sp³-hybridized carbons (Fsp3) is 0.231. The molecule has 1 aromatic carbocycles. The van der Waals surface area contributed by atoms with Crippen molar-refractivity contribution in [2.24, 2.45) is 0 Å². The predicted octanol–water partition coefficient (Wildman–Crippen LogP) is 2.19. The van der Waals surface area contributed by atoms with Crippen molar-refractivity contribution in [1.82, 2.24) is 9.78 Å². The van der Waals surface area contributed by atoms with Crippen LogP contribution in [0.5, 0.6) is 0 Å². The molecule has 3 N–H and O–H groups in total. The molecule has 0 aliphatic carbocycles. The lowest BCUT2D eigenvalue weighted by molar-refractivity contribution is 0.101. The minimum atomic E-state index is -0.477. The smallest absolute Gasteiger partial charge is 0.276 e. The number of benzene rings is 1. The van der Waals surface area contributed by atoms with Gasteiger partial charge in [0.05, 0.1) is 17.6 Å². The van der Waals surface area contributed by atoms with Crippen molar-refractivity contribution in [2.75, 3.05) is 11.1 Å². The van der Waals surface area contributed by atoms with Crippen LogP contribution in [-0.2, 0) is 6.54 Å². The van der Waals surface area contributed by atoms with Gasteiger partial charge in [-0.25, -0.2) is 4.39 Å². The molecule has 0 bridgehead atoms. The Hall–Kier alpha value is -2.37. The summed E-state index contributed by atoms with van der Waals surface area (Å²) >= 11 is 0. The summed E-state index contributed by atoms with van der Waals surface area (Å²) in [7, 11) is 0. The zero-order valence-electron chi connectivity index (χ0n) is 10.8. The predicted molar refractivity (Wildman–Crippen MR) is 71.4 cm³/mol. The van der Waals surface area contributed by atoms with Gasteiger partial charge in [0.25, 0.3) is 5.91 Å². The highest BCUT2D eigenvalue weighted by Gasteiger charge is 2.17. The van der Waals surface area contributed by atoms with E-state index in [0.29, 0.717) is 6.54 Å². The molecule has 0 spiro atoms. The number of amides is 1. The summed E-state index contributed by atoms with van der Waals surface area (Å²) in [5.74, 6) is -0.950. The monoisotopic (exact) mass is 262 g/mol. The highest BCUT2D eigenvalue weighted by atomic mass is 19.1. The molecule has 0 aliphatic rings. The number of aryl methyl sites for hydroxylation is 2. The first-order valence-electron chi connectivity index (χ1n) is 5.91. The molecule has 19 heavy (non-hydrogen) atoms. The molecule has 0 unspecified atom stereocenters. The fourth-order valence-electron chi connectivity index (χ4n) is 1.79. The topological polar surface area (TPSA) is 72.9 Å². The number of anilines is 2. The molecule has 0 aliphatic heterocycles. The largest absolute Gasteiger partial charge is 0.396 e. The van der Waals surface area contributed by atoms with E-state index in [-0.39, 0.29) is 17.1 Å². The number of carbonyl (C=O) groups excluding carboxylic acids is 1. The molecule has 0 saturated carbocycles. The molecule has 5 nitrogen and oxygen atoms in total. The number of halogens is 1. The zero-order chi connectivity index (χ0) is 14.0. The first kappa shape index (κ1) is 13.1. The molecular weight excluding hydrogens is 247 g/mol. The van der Waals surface area contributed by atoms with Crippen molar-refractivity contribution < 1.29 is 9.18 Å². The van der Waals surface area contributed by atoms with Gasteiger partial charge in [0, 0.05) is 6.54 Å². The zero-order valence-corrected chi connectivity index (χ0v) is 10.8. The van der Waals surface area contributed by atoms with Gasteiger partial charge in [0.2, 0.25) is 0 Å². The van der Waals surface area contributed by atoms with Gasteiger partial charge in [-0.05, 0) is 31.5 Å². The molecule has 6 heteroatoms. The first-order chi connectivity index (χ1) is 9.02. The molecule has 0 saturated heterocycles. The van der Waals surface area contributed by atoms with Gasteiger partial charge in [0.15, 0.2) is 0 Å². The quantitative estimate of drug-likeness (QED) is 0.890. The van der Waals surface area contributed by atoms with Gasteiger partial charge in [-0.15, -0.1) is 0 Å². The van der Waals surface area contributed by atoms with Gasteiger partial charge >= 0.3 is 0 Å². The Labute approximate surface area is 110 Å². The van der Waals surface area contributed by atoms with E-state index in [1.807, 2.05) is 6.92 Å². The summed E-state index contributed by atoms with van der Waals surface area (Å²) < 4.78 is 15.1. The minimum Gasteiger partial charge on any atom is -0.396 e. The number of nitrogen functional groups attached to an aromatic ring is 1. The van der Waals surface area contributed by atoms with Crippen LogP contribution >= 0.6 is 0 Å². The van der Waals surface area contributed by atoms with Gasteiger partial charge in [-0.3, -0.25) is 9.48 Å². The fourth-order valence-corrected chi connectivity index (χ4v) is 1.79. The first-order valence-corrected chi connectivity index (χ1v) is 5.91. The van der Waals surface area contributed by atoms with E-state index in [1.165, 1.54) is 23.0 Å². The van der Waals surface area contributed by atoms with Crippen LogP contribution < -0.4 is 11.1 Å². The van der Waals surface area contributed by atoms with Crippen LogP contribution in [0.15, 0.2) is 24.4 Å². The SMILES string of the molecule is CCn1ncc(N)c1C(=O)Nc1ccc(C)cc1F. The van der Waals surface area contributed by atoms with Crippen LogP contribution in [0.1, 0.15) is 23.0 Å². The molecule has 0 fully saturated rings. The Morgan fingerprint density at radius 3 is 2.89 bits per heavy atom. The summed E-state index contributed by atoms with van der Waals surface area (Å²) in [4.78, 5) is 12.1. The Balaban J connectivity index is 2.28. The highest BCUT2D eigenvalue weighted by Crippen LogP contribution is 2.18. The third-order valence-electron chi connectivity index (χ3n) is 2.76. The van der Waals surface area contributed by atoms with Crippen LogP contribution in [0.25, 0.3) is 0 Å². The van der Waals surface area contributed by atoms with Crippen molar-refractivity contribution in [2.45, 2.75) is 20.4 Å². The third kappa shape index (κ3) is 2.57. The lowest BCUT2D eigenvalue weighted by Crippen LogP contribution is -2.19. The Bertz CT molecular complexity index is 621. The second kappa shape index (κ2) is 5.09. The number of rotatable bonds is 3. The maximum Gasteiger partial charge on any atom is 0.276 e. The van der Waals surface area contributed by atoms with Crippen LogP contribution in [0.2, 0.25) is 0 Å². The summed E-state index contributed by atoms with van der Waals surface area (Å²) in [5.41, 5.74) is 7.11. The van der Waals surface area contributed by atoms with Crippen LogP contribution in [0.4, 0.5) is 15.8 Å². The van der Waals surface area contributed by atoms with Crippen molar-refractivity contribution in [3.05, 3.63) is 41.5 Å². The van der Waals surface area contributed by atoms with E-state index in [2.05, 4.69) is 10.4 Å². The number of nitrogens with two attached hydrogens (primary N) is 1. The Kier molecular flexibility index (Phi) is 3.50. The Morgan fingerprint density at radius 1 is 1.53 bits per heavy atom. The lowest BCUT2D eigenvalue weighted by Gasteiger charge is -2.09. The highest BCUT2D eigenvalue weighted by molar-refractivity contribution is 6.06. The average molecular weight is 262 g/mol. The lowest BCUT2D eigenvalue weighted by atomic mass is 10.2. The van der Waals surface area contributed by atoms with Crippen LogP contribution in [-0.4, -0.2) is 15.7 Å². The molecule has 0 radical (unpaired) electrons. The summed E-state index contributed by atoms with van der Waals surface area (Å²) in [6.45, 7) is 4.13. The van der Waals surface area contributed by atoms with E-state index in [1.54, 1.807) is 13.0 Å². The molecule has 2 rings (SSSR count). The molecule has 1 heterocycles. The molecule has 2 aromatic rings. The van der Waals surface area contributed by atoms with Crippen molar-refractivity contribution in [1.29, 1.82) is 0 Å². The number of hydrogen-bond acceptors (Lipinski definition) is 3. The summed E-state index contributed by atoms with van der Waals surface area (Å²) in [5, 5.41) is 6.47. The summed E-state index contributed by atoms with van der Waals surface area (Å²) in [6, 6.07) is 4.60. The van der Waals surface area contributed by atoms with Gasteiger partial charge in [-0.2, -0.15) is 5.10 Å². The maximum atomic E-state index is 13.7. The minimum absolute atomic E-state index is 0.124. The van der Waals surface area contributed by atoms with E-state index in [0.717, 1.165) is 5.56 Å². The average Bonchev–Trinajstić information content (AvgIpc) is 2.74. The van der Waals surface area contributed by atoms with Gasteiger partial charge in [0.1, 0.15) is 11.5 Å². The van der Waals surface area contributed by atoms with Gasteiger partial charge < -0.3 is 11.1 Å². The summed E-state index contributed by atoms with van der Waals surface area (Å²) in [6.07, 6.45) is 1.41. The second-order valence-electron chi connectivity index (χ2n) is 4.20. The van der Waals surface area contributed by atoms with Crippen LogP contribution in [0.3, 0.4) is 0 Å². The molecule has 1 amide bonds. The van der Waals surface area contributed by atoms with Crippen molar-refractivity contribution in [3.63, 3.8) is 0 Å². The molecule has 0 atom stereocenters. The van der Waals surface area contributed by atoms with Crippen LogP contribution in [0, 0.1) is 12.7 Å². The van der Waals surface area contributed by atoms with Crippen molar-refractivity contribution >= 4 is 17.3 Å². The van der Waals surface area contributed by atoms with E-state index in [4.69, 9.17) is 5.73 Å². The number of nitrogens with zero attached hydrogens (tertiary/aromatic N) is 2. The number of aromatic nitrogens is 2. The molecule has 100 valence electrons. The second-order valence-corrected chi connectivity index (χ2v) is 4.20. The Morgan fingerprint density at radius 2 is 2.26 bits per heavy atom. The van der Waals surface area contributed by atoms with E-state index >= 15 is 0 Å². The van der Waals surface area contributed by atoms with Crippen molar-refractivity contribution in [3.8, 4) is 0 Å². The number of carbonyl (C=O) groups is 1. The normalized spacial score (nSPS) is 10.5. The number of hydrogen-bond donors (Lipinski definition) is 2. The molecule has 1 aromatic heterocycles. The number of nitrogens with one attached hydrogen (secondary N) is 1.